The van der Waals surface area contributed by atoms with Crippen molar-refractivity contribution in [2.75, 3.05) is 14.2 Å². The van der Waals surface area contributed by atoms with Crippen LogP contribution in [0.5, 0.6) is 11.5 Å². The molecule has 3 nitrogen and oxygen atoms in total. The second-order valence-corrected chi connectivity index (χ2v) is 4.21. The van der Waals surface area contributed by atoms with Gasteiger partial charge in [-0.2, -0.15) is 0 Å². The molecule has 0 saturated heterocycles. The molecule has 0 aliphatic rings. The molecule has 16 heavy (non-hydrogen) atoms. The number of hydrogen-bond donors (Lipinski definition) is 0. The summed E-state index contributed by atoms with van der Waals surface area (Å²) < 4.78 is 10.7. The minimum absolute atomic E-state index is 0.828. The molecule has 84 valence electrons. The SMILES string of the molecule is COc1ccc(-c2nccs2)c(OC)c1C. The van der Waals surface area contributed by atoms with E-state index in [0.717, 1.165) is 27.6 Å². The Hall–Kier alpha value is -1.55. The van der Waals surface area contributed by atoms with Gasteiger partial charge in [0.25, 0.3) is 0 Å². The van der Waals surface area contributed by atoms with Crippen molar-refractivity contribution >= 4 is 11.3 Å². The van der Waals surface area contributed by atoms with E-state index in [0.29, 0.717) is 0 Å². The number of nitrogens with zero attached hydrogens (tertiary/aromatic N) is 1. The predicted octanol–water partition coefficient (Wildman–Crippen LogP) is 3.14. The monoisotopic (exact) mass is 235 g/mol. The van der Waals surface area contributed by atoms with E-state index in [1.807, 2.05) is 24.4 Å². The van der Waals surface area contributed by atoms with Gasteiger partial charge in [-0.3, -0.25) is 0 Å². The van der Waals surface area contributed by atoms with Gasteiger partial charge < -0.3 is 9.47 Å². The fourth-order valence-electron chi connectivity index (χ4n) is 1.68. The Morgan fingerprint density at radius 1 is 1.19 bits per heavy atom. The fraction of sp³-hybridized carbons (Fsp3) is 0.250. The van der Waals surface area contributed by atoms with Gasteiger partial charge in [-0.15, -0.1) is 11.3 Å². The minimum Gasteiger partial charge on any atom is -0.496 e. The fourth-order valence-corrected chi connectivity index (χ4v) is 2.34. The quantitative estimate of drug-likeness (QED) is 0.819. The molecular formula is C12H13NO2S. The molecule has 4 heteroatoms. The number of rotatable bonds is 3. The van der Waals surface area contributed by atoms with Crippen LogP contribution in [0, 0.1) is 6.92 Å². The summed E-state index contributed by atoms with van der Waals surface area (Å²) >= 11 is 1.60. The first-order valence-corrected chi connectivity index (χ1v) is 5.77. The Balaban J connectivity index is 2.59. The Labute approximate surface area is 98.7 Å². The Morgan fingerprint density at radius 3 is 2.56 bits per heavy atom. The Morgan fingerprint density at radius 2 is 2.00 bits per heavy atom. The van der Waals surface area contributed by atoms with Crippen LogP contribution >= 0.6 is 11.3 Å². The topological polar surface area (TPSA) is 31.4 Å². The highest BCUT2D eigenvalue weighted by Gasteiger charge is 2.13. The van der Waals surface area contributed by atoms with Crippen molar-refractivity contribution in [2.45, 2.75) is 6.92 Å². The van der Waals surface area contributed by atoms with Gasteiger partial charge in [0, 0.05) is 17.1 Å². The van der Waals surface area contributed by atoms with Gasteiger partial charge in [-0.05, 0) is 19.1 Å². The summed E-state index contributed by atoms with van der Waals surface area (Å²) in [5.74, 6) is 1.66. The lowest BCUT2D eigenvalue weighted by Crippen LogP contribution is -1.94. The van der Waals surface area contributed by atoms with Crippen LogP contribution < -0.4 is 9.47 Å². The van der Waals surface area contributed by atoms with Crippen LogP contribution in [-0.2, 0) is 0 Å². The normalized spacial score (nSPS) is 10.2. The standard InChI is InChI=1S/C12H13NO2S/c1-8-10(14-2)5-4-9(11(8)15-3)12-13-6-7-16-12/h4-7H,1-3H3. The molecule has 1 aromatic carbocycles. The van der Waals surface area contributed by atoms with Crippen LogP contribution in [0.2, 0.25) is 0 Å². The molecule has 1 heterocycles. The van der Waals surface area contributed by atoms with Crippen LogP contribution in [0.4, 0.5) is 0 Å². The largest absolute Gasteiger partial charge is 0.496 e. The summed E-state index contributed by atoms with van der Waals surface area (Å²) in [5.41, 5.74) is 2.01. The molecule has 2 rings (SSSR count). The van der Waals surface area contributed by atoms with E-state index in [1.165, 1.54) is 0 Å². The number of thiazole rings is 1. The van der Waals surface area contributed by atoms with Gasteiger partial charge in [0.15, 0.2) is 0 Å². The van der Waals surface area contributed by atoms with Crippen molar-refractivity contribution < 1.29 is 9.47 Å². The van der Waals surface area contributed by atoms with E-state index in [9.17, 15) is 0 Å². The zero-order valence-corrected chi connectivity index (χ0v) is 10.3. The smallest absolute Gasteiger partial charge is 0.135 e. The van der Waals surface area contributed by atoms with Crippen LogP contribution in [0.25, 0.3) is 10.6 Å². The number of hydrogen-bond acceptors (Lipinski definition) is 4. The molecule has 0 atom stereocenters. The van der Waals surface area contributed by atoms with E-state index in [4.69, 9.17) is 9.47 Å². The highest BCUT2D eigenvalue weighted by atomic mass is 32.1. The second kappa shape index (κ2) is 4.53. The van der Waals surface area contributed by atoms with Crippen molar-refractivity contribution in [1.29, 1.82) is 0 Å². The maximum atomic E-state index is 5.43. The van der Waals surface area contributed by atoms with Crippen LogP contribution in [0.15, 0.2) is 23.7 Å². The van der Waals surface area contributed by atoms with Gasteiger partial charge in [0.05, 0.1) is 19.8 Å². The van der Waals surface area contributed by atoms with Gasteiger partial charge in [-0.25, -0.2) is 4.98 Å². The minimum atomic E-state index is 0.828. The molecule has 0 N–H and O–H groups in total. The summed E-state index contributed by atoms with van der Waals surface area (Å²) in [7, 11) is 3.32. The average molecular weight is 235 g/mol. The summed E-state index contributed by atoms with van der Waals surface area (Å²) in [4.78, 5) is 4.29. The molecule has 0 radical (unpaired) electrons. The van der Waals surface area contributed by atoms with Gasteiger partial charge in [0.1, 0.15) is 16.5 Å². The third kappa shape index (κ3) is 1.76. The predicted molar refractivity (Wildman–Crippen MR) is 65.4 cm³/mol. The van der Waals surface area contributed by atoms with E-state index in [2.05, 4.69) is 4.98 Å². The zero-order chi connectivity index (χ0) is 11.5. The van der Waals surface area contributed by atoms with Crippen LogP contribution in [0.1, 0.15) is 5.56 Å². The van der Waals surface area contributed by atoms with Crippen molar-refractivity contribution in [1.82, 2.24) is 4.98 Å². The molecule has 2 aromatic rings. The third-order valence-electron chi connectivity index (χ3n) is 2.44. The summed E-state index contributed by atoms with van der Waals surface area (Å²) in [5, 5.41) is 2.91. The van der Waals surface area contributed by atoms with Crippen molar-refractivity contribution in [3.63, 3.8) is 0 Å². The molecule has 0 amide bonds. The molecule has 0 unspecified atom stereocenters. The second-order valence-electron chi connectivity index (χ2n) is 3.31. The van der Waals surface area contributed by atoms with Crippen molar-refractivity contribution in [2.24, 2.45) is 0 Å². The number of methoxy groups -OCH3 is 2. The first-order valence-electron chi connectivity index (χ1n) is 4.89. The maximum Gasteiger partial charge on any atom is 0.135 e. The van der Waals surface area contributed by atoms with E-state index in [-0.39, 0.29) is 0 Å². The van der Waals surface area contributed by atoms with Gasteiger partial charge in [-0.1, -0.05) is 0 Å². The lowest BCUT2D eigenvalue weighted by atomic mass is 10.1. The molecule has 0 bridgehead atoms. The molecule has 0 aliphatic carbocycles. The van der Waals surface area contributed by atoms with Crippen molar-refractivity contribution in [3.8, 4) is 22.1 Å². The highest BCUT2D eigenvalue weighted by Crippen LogP contribution is 2.38. The van der Waals surface area contributed by atoms with E-state index in [1.54, 1.807) is 31.8 Å². The maximum absolute atomic E-state index is 5.43. The molecule has 1 aromatic heterocycles. The van der Waals surface area contributed by atoms with Gasteiger partial charge in [0.2, 0.25) is 0 Å². The molecular weight excluding hydrogens is 222 g/mol. The van der Waals surface area contributed by atoms with Crippen molar-refractivity contribution in [3.05, 3.63) is 29.3 Å². The number of aromatic nitrogens is 1. The van der Waals surface area contributed by atoms with Crippen LogP contribution in [-0.4, -0.2) is 19.2 Å². The highest BCUT2D eigenvalue weighted by molar-refractivity contribution is 7.13. The zero-order valence-electron chi connectivity index (χ0n) is 9.48. The molecule has 0 saturated carbocycles. The first kappa shape index (κ1) is 11.0. The third-order valence-corrected chi connectivity index (χ3v) is 3.25. The number of benzene rings is 1. The summed E-state index contributed by atoms with van der Waals surface area (Å²) in [6.45, 7) is 1.98. The first-order chi connectivity index (χ1) is 7.77. The lowest BCUT2D eigenvalue weighted by Gasteiger charge is -2.12. The summed E-state index contributed by atoms with van der Waals surface area (Å²) in [6.07, 6.45) is 1.79. The lowest BCUT2D eigenvalue weighted by molar-refractivity contribution is 0.390. The average Bonchev–Trinajstić information content (AvgIpc) is 2.82. The molecule has 0 aliphatic heterocycles. The van der Waals surface area contributed by atoms with Gasteiger partial charge >= 0.3 is 0 Å². The molecule has 0 spiro atoms. The van der Waals surface area contributed by atoms with Crippen LogP contribution in [0.3, 0.4) is 0 Å². The Bertz CT molecular complexity index is 480. The Kier molecular flexibility index (Phi) is 3.10. The summed E-state index contributed by atoms with van der Waals surface area (Å²) in [6, 6.07) is 3.91. The number of ether oxygens (including phenoxy) is 2. The van der Waals surface area contributed by atoms with E-state index < -0.39 is 0 Å². The molecule has 0 fully saturated rings. The van der Waals surface area contributed by atoms with E-state index >= 15 is 0 Å².